The van der Waals surface area contributed by atoms with Crippen LogP contribution in [0.2, 0.25) is 5.02 Å². The number of nitrogens with two attached hydrogens (primary N) is 2. The van der Waals surface area contributed by atoms with Crippen molar-refractivity contribution in [1.82, 2.24) is 0 Å². The molecular weight excluding hydrogens is 300 g/mol. The summed E-state index contributed by atoms with van der Waals surface area (Å²) in [5.41, 5.74) is 13.2. The quantitative estimate of drug-likeness (QED) is 0.823. The van der Waals surface area contributed by atoms with Crippen molar-refractivity contribution in [2.45, 2.75) is 12.3 Å². The van der Waals surface area contributed by atoms with E-state index in [-0.39, 0.29) is 12.5 Å². The second kappa shape index (κ2) is 7.82. The highest BCUT2D eigenvalue weighted by Crippen LogP contribution is 2.24. The average Bonchev–Trinajstić information content (AvgIpc) is 2.51. The zero-order chi connectivity index (χ0) is 15.9. The van der Waals surface area contributed by atoms with Gasteiger partial charge in [-0.1, -0.05) is 35.9 Å². The van der Waals surface area contributed by atoms with Gasteiger partial charge in [-0.3, -0.25) is 4.79 Å². The van der Waals surface area contributed by atoms with Gasteiger partial charge in [0.05, 0.1) is 0 Å². The minimum Gasteiger partial charge on any atom is -0.484 e. The maximum absolute atomic E-state index is 10.8. The molecule has 2 aromatic rings. The number of amides is 1. The number of benzene rings is 2. The van der Waals surface area contributed by atoms with Crippen molar-refractivity contribution in [3.8, 4) is 5.75 Å². The van der Waals surface area contributed by atoms with Crippen LogP contribution in [-0.2, 0) is 11.2 Å². The van der Waals surface area contributed by atoms with Gasteiger partial charge in [0.2, 0.25) is 0 Å². The van der Waals surface area contributed by atoms with Gasteiger partial charge in [0, 0.05) is 10.9 Å². The number of carbonyl (C=O) groups is 1. The second-order valence-electron chi connectivity index (χ2n) is 5.09. The molecule has 0 saturated carbocycles. The first-order chi connectivity index (χ1) is 10.6. The van der Waals surface area contributed by atoms with Crippen LogP contribution < -0.4 is 16.2 Å². The maximum Gasteiger partial charge on any atom is 0.255 e. The molecule has 0 aliphatic carbocycles. The fourth-order valence-corrected chi connectivity index (χ4v) is 2.51. The Morgan fingerprint density at radius 3 is 2.64 bits per heavy atom. The van der Waals surface area contributed by atoms with E-state index >= 15 is 0 Å². The Morgan fingerprint density at radius 1 is 1.18 bits per heavy atom. The summed E-state index contributed by atoms with van der Waals surface area (Å²) in [7, 11) is 0. The summed E-state index contributed by atoms with van der Waals surface area (Å²) in [4.78, 5) is 10.8. The van der Waals surface area contributed by atoms with E-state index in [1.54, 1.807) is 6.07 Å². The molecule has 0 aliphatic heterocycles. The molecule has 5 heteroatoms. The third kappa shape index (κ3) is 4.76. The predicted octanol–water partition coefficient (Wildman–Crippen LogP) is 2.49. The van der Waals surface area contributed by atoms with Gasteiger partial charge in [-0.05, 0) is 48.4 Å². The highest BCUT2D eigenvalue weighted by Gasteiger charge is 2.12. The molecule has 0 heterocycles. The molecule has 116 valence electrons. The number of ether oxygens (including phenoxy) is 1. The standard InChI is InChI=1S/C17H19ClN2O2/c18-15-5-1-3-12(8-15)7-14(10-19)13-4-2-6-16(9-13)22-11-17(20)21/h1-6,8-9,14H,7,10-11,19H2,(H2,20,21). The van der Waals surface area contributed by atoms with Crippen molar-refractivity contribution in [3.63, 3.8) is 0 Å². The van der Waals surface area contributed by atoms with Crippen LogP contribution in [-0.4, -0.2) is 19.1 Å². The number of halogens is 1. The predicted molar refractivity (Wildman–Crippen MR) is 88.1 cm³/mol. The molecule has 0 aliphatic rings. The lowest BCUT2D eigenvalue weighted by molar-refractivity contribution is -0.119. The zero-order valence-electron chi connectivity index (χ0n) is 12.2. The third-order valence-corrected chi connectivity index (χ3v) is 3.60. The molecule has 0 fully saturated rings. The smallest absolute Gasteiger partial charge is 0.255 e. The topological polar surface area (TPSA) is 78.3 Å². The largest absolute Gasteiger partial charge is 0.484 e. The summed E-state index contributed by atoms with van der Waals surface area (Å²) >= 11 is 6.02. The molecule has 0 radical (unpaired) electrons. The molecule has 2 rings (SSSR count). The van der Waals surface area contributed by atoms with E-state index in [2.05, 4.69) is 0 Å². The first kappa shape index (κ1) is 16.3. The van der Waals surface area contributed by atoms with E-state index in [9.17, 15) is 4.79 Å². The molecule has 1 amide bonds. The van der Waals surface area contributed by atoms with E-state index in [0.717, 1.165) is 17.5 Å². The van der Waals surface area contributed by atoms with Gasteiger partial charge in [0.1, 0.15) is 5.75 Å². The van der Waals surface area contributed by atoms with E-state index in [4.69, 9.17) is 27.8 Å². The SMILES string of the molecule is NCC(Cc1cccc(Cl)c1)c1cccc(OCC(N)=O)c1. The Labute approximate surface area is 135 Å². The van der Waals surface area contributed by atoms with Gasteiger partial charge >= 0.3 is 0 Å². The van der Waals surface area contributed by atoms with Crippen molar-refractivity contribution in [1.29, 1.82) is 0 Å². The molecule has 0 aromatic heterocycles. The van der Waals surface area contributed by atoms with E-state index in [1.807, 2.05) is 42.5 Å². The molecular formula is C17H19ClN2O2. The van der Waals surface area contributed by atoms with Gasteiger partial charge in [-0.2, -0.15) is 0 Å². The Hall–Kier alpha value is -2.04. The number of carbonyl (C=O) groups excluding carboxylic acids is 1. The first-order valence-electron chi connectivity index (χ1n) is 7.04. The van der Waals surface area contributed by atoms with Crippen LogP contribution in [0.25, 0.3) is 0 Å². The Kier molecular flexibility index (Phi) is 5.81. The van der Waals surface area contributed by atoms with Gasteiger partial charge in [-0.25, -0.2) is 0 Å². The summed E-state index contributed by atoms with van der Waals surface area (Å²) in [5.74, 6) is 0.260. The lowest BCUT2D eigenvalue weighted by Gasteiger charge is -2.16. The number of rotatable bonds is 7. The van der Waals surface area contributed by atoms with E-state index in [1.165, 1.54) is 0 Å². The van der Waals surface area contributed by atoms with Crippen molar-refractivity contribution in [2.75, 3.05) is 13.2 Å². The second-order valence-corrected chi connectivity index (χ2v) is 5.53. The fourth-order valence-electron chi connectivity index (χ4n) is 2.30. The molecule has 1 unspecified atom stereocenters. The minimum absolute atomic E-state index is 0.134. The minimum atomic E-state index is -0.500. The van der Waals surface area contributed by atoms with Gasteiger partial charge < -0.3 is 16.2 Å². The number of hydrogen-bond acceptors (Lipinski definition) is 3. The monoisotopic (exact) mass is 318 g/mol. The first-order valence-corrected chi connectivity index (χ1v) is 7.42. The van der Waals surface area contributed by atoms with Crippen LogP contribution >= 0.6 is 11.6 Å². The Bertz CT molecular complexity index is 646. The molecule has 22 heavy (non-hydrogen) atoms. The summed E-state index contributed by atoms with van der Waals surface area (Å²) in [5, 5.41) is 0.715. The maximum atomic E-state index is 10.8. The molecule has 1 atom stereocenters. The van der Waals surface area contributed by atoms with Crippen LogP contribution in [0.5, 0.6) is 5.75 Å². The molecule has 4 N–H and O–H groups in total. The summed E-state index contributed by atoms with van der Waals surface area (Å²) in [6.45, 7) is 0.372. The van der Waals surface area contributed by atoms with Gasteiger partial charge in [0.25, 0.3) is 5.91 Å². The van der Waals surface area contributed by atoms with Crippen molar-refractivity contribution in [3.05, 3.63) is 64.7 Å². The summed E-state index contributed by atoms with van der Waals surface area (Å²) < 4.78 is 5.34. The van der Waals surface area contributed by atoms with Crippen LogP contribution in [0.3, 0.4) is 0 Å². The molecule has 4 nitrogen and oxygen atoms in total. The van der Waals surface area contributed by atoms with Crippen molar-refractivity contribution in [2.24, 2.45) is 11.5 Å². The third-order valence-electron chi connectivity index (χ3n) is 3.37. The van der Waals surface area contributed by atoms with Crippen LogP contribution in [0.15, 0.2) is 48.5 Å². The van der Waals surface area contributed by atoms with Gasteiger partial charge in [0.15, 0.2) is 6.61 Å². The number of hydrogen-bond donors (Lipinski definition) is 2. The van der Waals surface area contributed by atoms with Crippen LogP contribution in [0.1, 0.15) is 17.0 Å². The summed E-state index contributed by atoms with van der Waals surface area (Å²) in [6, 6.07) is 15.3. The Balaban J connectivity index is 2.13. The van der Waals surface area contributed by atoms with E-state index < -0.39 is 5.91 Å². The van der Waals surface area contributed by atoms with Crippen LogP contribution in [0.4, 0.5) is 0 Å². The fraction of sp³-hybridized carbons (Fsp3) is 0.235. The summed E-state index contributed by atoms with van der Waals surface area (Å²) in [6.07, 6.45) is 0.788. The van der Waals surface area contributed by atoms with Crippen LogP contribution in [0, 0.1) is 0 Å². The normalized spacial score (nSPS) is 11.9. The Morgan fingerprint density at radius 2 is 1.95 bits per heavy atom. The zero-order valence-corrected chi connectivity index (χ0v) is 12.9. The lowest BCUT2D eigenvalue weighted by atomic mass is 9.92. The van der Waals surface area contributed by atoms with Crippen molar-refractivity contribution < 1.29 is 9.53 Å². The lowest BCUT2D eigenvalue weighted by Crippen LogP contribution is -2.20. The number of primary amides is 1. The molecule has 2 aromatic carbocycles. The average molecular weight is 319 g/mol. The molecule has 0 bridgehead atoms. The highest BCUT2D eigenvalue weighted by molar-refractivity contribution is 6.30. The molecule has 0 saturated heterocycles. The van der Waals surface area contributed by atoms with E-state index in [0.29, 0.717) is 17.3 Å². The van der Waals surface area contributed by atoms with Crippen molar-refractivity contribution >= 4 is 17.5 Å². The highest BCUT2D eigenvalue weighted by atomic mass is 35.5. The molecule has 0 spiro atoms. The van der Waals surface area contributed by atoms with Gasteiger partial charge in [-0.15, -0.1) is 0 Å².